The molecule has 1 aromatic heterocycles. The molecule has 1 aliphatic rings. The SMILES string of the molecule is CC1(C)CCCCC1NC(=O)c1cncc(C#CCO)c1. The lowest BCUT2D eigenvalue weighted by Gasteiger charge is -2.39. The Morgan fingerprint density at radius 3 is 3.00 bits per heavy atom. The Balaban J connectivity index is 2.09. The molecule has 0 radical (unpaired) electrons. The van der Waals surface area contributed by atoms with Gasteiger partial charge in [0.15, 0.2) is 0 Å². The summed E-state index contributed by atoms with van der Waals surface area (Å²) < 4.78 is 0. The first-order valence-electron chi connectivity index (χ1n) is 7.38. The number of pyridine rings is 1. The fourth-order valence-electron chi connectivity index (χ4n) is 2.78. The molecule has 1 aliphatic carbocycles. The maximum atomic E-state index is 12.4. The number of hydrogen-bond acceptors (Lipinski definition) is 3. The van der Waals surface area contributed by atoms with Crippen LogP contribution in [0.1, 0.15) is 55.5 Å². The van der Waals surface area contributed by atoms with Gasteiger partial charge in [-0.1, -0.05) is 38.5 Å². The van der Waals surface area contributed by atoms with Crippen molar-refractivity contribution in [1.29, 1.82) is 0 Å². The topological polar surface area (TPSA) is 62.2 Å². The smallest absolute Gasteiger partial charge is 0.253 e. The molecule has 1 fully saturated rings. The number of hydrogen-bond donors (Lipinski definition) is 2. The van der Waals surface area contributed by atoms with Gasteiger partial charge in [0.25, 0.3) is 5.91 Å². The van der Waals surface area contributed by atoms with Crippen LogP contribution < -0.4 is 5.32 Å². The van der Waals surface area contributed by atoms with Crippen molar-refractivity contribution in [3.63, 3.8) is 0 Å². The molecule has 1 aromatic rings. The number of amides is 1. The van der Waals surface area contributed by atoms with Crippen LogP contribution in [0.3, 0.4) is 0 Å². The zero-order valence-corrected chi connectivity index (χ0v) is 12.6. The third kappa shape index (κ3) is 4.05. The molecule has 0 saturated heterocycles. The molecule has 112 valence electrons. The van der Waals surface area contributed by atoms with Crippen LogP contribution in [0.25, 0.3) is 0 Å². The number of aliphatic hydroxyl groups excluding tert-OH is 1. The normalized spacial score (nSPS) is 20.2. The van der Waals surface area contributed by atoms with Crippen molar-refractivity contribution in [3.8, 4) is 11.8 Å². The van der Waals surface area contributed by atoms with Gasteiger partial charge in [0, 0.05) is 24.0 Å². The van der Waals surface area contributed by atoms with E-state index in [2.05, 4.69) is 36.0 Å². The highest BCUT2D eigenvalue weighted by molar-refractivity contribution is 5.94. The molecule has 1 unspecified atom stereocenters. The van der Waals surface area contributed by atoms with Crippen LogP contribution in [-0.4, -0.2) is 28.6 Å². The summed E-state index contributed by atoms with van der Waals surface area (Å²) in [6.07, 6.45) is 7.69. The Morgan fingerprint density at radius 2 is 2.29 bits per heavy atom. The van der Waals surface area contributed by atoms with Crippen molar-refractivity contribution in [2.75, 3.05) is 6.61 Å². The second-order valence-corrected chi connectivity index (χ2v) is 6.18. The molecule has 1 saturated carbocycles. The fraction of sp³-hybridized carbons (Fsp3) is 0.529. The van der Waals surface area contributed by atoms with Crippen molar-refractivity contribution < 1.29 is 9.90 Å². The Kier molecular flexibility index (Phi) is 4.98. The van der Waals surface area contributed by atoms with Crippen molar-refractivity contribution in [2.24, 2.45) is 5.41 Å². The molecule has 0 aromatic carbocycles. The van der Waals surface area contributed by atoms with Crippen molar-refractivity contribution >= 4 is 5.91 Å². The quantitative estimate of drug-likeness (QED) is 0.819. The van der Waals surface area contributed by atoms with E-state index in [-0.39, 0.29) is 24.0 Å². The van der Waals surface area contributed by atoms with E-state index in [4.69, 9.17) is 5.11 Å². The van der Waals surface area contributed by atoms with Crippen LogP contribution in [0.5, 0.6) is 0 Å². The van der Waals surface area contributed by atoms with Gasteiger partial charge in [0.05, 0.1) is 5.56 Å². The Morgan fingerprint density at radius 1 is 1.48 bits per heavy atom. The molecule has 4 heteroatoms. The monoisotopic (exact) mass is 286 g/mol. The minimum absolute atomic E-state index is 0.102. The van der Waals surface area contributed by atoms with Crippen LogP contribution in [0.2, 0.25) is 0 Å². The summed E-state index contributed by atoms with van der Waals surface area (Å²) in [4.78, 5) is 16.4. The molecule has 1 amide bonds. The first-order chi connectivity index (χ1) is 10.0. The van der Waals surface area contributed by atoms with Crippen LogP contribution in [-0.2, 0) is 0 Å². The maximum Gasteiger partial charge on any atom is 0.253 e. The van der Waals surface area contributed by atoms with E-state index >= 15 is 0 Å². The van der Waals surface area contributed by atoms with E-state index in [1.807, 2.05) is 0 Å². The van der Waals surface area contributed by atoms with Crippen LogP contribution in [0, 0.1) is 17.3 Å². The van der Waals surface area contributed by atoms with Crippen molar-refractivity contribution in [3.05, 3.63) is 29.6 Å². The lowest BCUT2D eigenvalue weighted by molar-refractivity contribution is 0.0853. The molecule has 2 rings (SSSR count). The number of carbonyl (C=O) groups excluding carboxylic acids is 1. The molecule has 0 aliphatic heterocycles. The Labute approximate surface area is 126 Å². The van der Waals surface area contributed by atoms with E-state index in [1.54, 1.807) is 18.5 Å². The maximum absolute atomic E-state index is 12.4. The number of nitrogens with one attached hydrogen (secondary N) is 1. The van der Waals surface area contributed by atoms with E-state index in [0.29, 0.717) is 11.1 Å². The van der Waals surface area contributed by atoms with Gasteiger partial charge in [-0.25, -0.2) is 0 Å². The molecule has 1 atom stereocenters. The number of nitrogens with zero attached hydrogens (tertiary/aromatic N) is 1. The van der Waals surface area contributed by atoms with Gasteiger partial charge in [-0.2, -0.15) is 0 Å². The number of rotatable bonds is 2. The zero-order valence-electron chi connectivity index (χ0n) is 12.6. The van der Waals surface area contributed by atoms with E-state index in [0.717, 1.165) is 19.3 Å². The molecule has 0 spiro atoms. The summed E-state index contributed by atoms with van der Waals surface area (Å²) in [6, 6.07) is 1.91. The van der Waals surface area contributed by atoms with E-state index < -0.39 is 0 Å². The summed E-state index contributed by atoms with van der Waals surface area (Å²) in [6.45, 7) is 4.21. The number of carbonyl (C=O) groups is 1. The summed E-state index contributed by atoms with van der Waals surface area (Å²) >= 11 is 0. The zero-order chi connectivity index (χ0) is 15.3. The summed E-state index contributed by atoms with van der Waals surface area (Å²) in [5, 5.41) is 11.8. The molecule has 1 heterocycles. The van der Waals surface area contributed by atoms with Gasteiger partial charge in [-0.15, -0.1) is 0 Å². The third-order valence-electron chi connectivity index (χ3n) is 4.12. The predicted molar refractivity (Wildman–Crippen MR) is 81.7 cm³/mol. The highest BCUT2D eigenvalue weighted by Crippen LogP contribution is 2.35. The highest BCUT2D eigenvalue weighted by atomic mass is 16.2. The molecule has 2 N–H and O–H groups in total. The third-order valence-corrected chi connectivity index (χ3v) is 4.12. The largest absolute Gasteiger partial charge is 0.384 e. The second-order valence-electron chi connectivity index (χ2n) is 6.18. The Bertz CT molecular complexity index is 570. The van der Waals surface area contributed by atoms with Gasteiger partial charge in [-0.05, 0) is 24.3 Å². The average molecular weight is 286 g/mol. The van der Waals surface area contributed by atoms with Gasteiger partial charge >= 0.3 is 0 Å². The lowest BCUT2D eigenvalue weighted by atomic mass is 9.73. The number of aromatic nitrogens is 1. The standard InChI is InChI=1S/C17H22N2O2/c1-17(2)8-4-3-7-15(17)19-16(21)14-10-13(6-5-9-20)11-18-12-14/h10-12,15,20H,3-4,7-9H2,1-2H3,(H,19,21). The minimum Gasteiger partial charge on any atom is -0.384 e. The van der Waals surface area contributed by atoms with Crippen LogP contribution >= 0.6 is 0 Å². The fourth-order valence-corrected chi connectivity index (χ4v) is 2.78. The molecule has 0 bridgehead atoms. The summed E-state index contributed by atoms with van der Waals surface area (Å²) in [5.41, 5.74) is 1.29. The molecule has 21 heavy (non-hydrogen) atoms. The van der Waals surface area contributed by atoms with Crippen molar-refractivity contribution in [1.82, 2.24) is 10.3 Å². The van der Waals surface area contributed by atoms with Gasteiger partial charge in [0.2, 0.25) is 0 Å². The first kappa shape index (κ1) is 15.5. The van der Waals surface area contributed by atoms with Crippen LogP contribution in [0.4, 0.5) is 0 Å². The van der Waals surface area contributed by atoms with Gasteiger partial charge in [-0.3, -0.25) is 9.78 Å². The van der Waals surface area contributed by atoms with Crippen LogP contribution in [0.15, 0.2) is 18.5 Å². The molecule has 4 nitrogen and oxygen atoms in total. The van der Waals surface area contributed by atoms with E-state index in [9.17, 15) is 4.79 Å². The van der Waals surface area contributed by atoms with Crippen molar-refractivity contribution in [2.45, 2.75) is 45.6 Å². The molecular formula is C17H22N2O2. The minimum atomic E-state index is -0.202. The highest BCUT2D eigenvalue weighted by Gasteiger charge is 2.33. The second kappa shape index (κ2) is 6.73. The lowest BCUT2D eigenvalue weighted by Crippen LogP contribution is -2.46. The average Bonchev–Trinajstić information content (AvgIpc) is 2.47. The van der Waals surface area contributed by atoms with Gasteiger partial charge < -0.3 is 10.4 Å². The first-order valence-corrected chi connectivity index (χ1v) is 7.38. The number of aliphatic hydroxyl groups is 1. The Hall–Kier alpha value is -1.86. The summed E-state index contributed by atoms with van der Waals surface area (Å²) in [5.74, 6) is 5.22. The van der Waals surface area contributed by atoms with Gasteiger partial charge in [0.1, 0.15) is 6.61 Å². The summed E-state index contributed by atoms with van der Waals surface area (Å²) in [7, 11) is 0. The predicted octanol–water partition coefficient (Wildman–Crippen LogP) is 2.12. The van der Waals surface area contributed by atoms with E-state index in [1.165, 1.54) is 6.42 Å². The molecular weight excluding hydrogens is 264 g/mol.